The molecule has 192 valence electrons. The summed E-state index contributed by atoms with van der Waals surface area (Å²) in [6.07, 6.45) is -4.58. The molecule has 8 heteroatoms. The van der Waals surface area contributed by atoms with Crippen LogP contribution in [0.1, 0.15) is 30.5 Å². The van der Waals surface area contributed by atoms with E-state index < -0.39 is 23.4 Å². The van der Waals surface area contributed by atoms with Gasteiger partial charge in [-0.1, -0.05) is 42.5 Å². The van der Waals surface area contributed by atoms with Gasteiger partial charge in [-0.3, -0.25) is 0 Å². The van der Waals surface area contributed by atoms with E-state index in [0.717, 1.165) is 11.5 Å². The lowest BCUT2D eigenvalue weighted by atomic mass is 9.99. The van der Waals surface area contributed by atoms with E-state index in [2.05, 4.69) is 36.5 Å². The number of anilines is 2. The van der Waals surface area contributed by atoms with Gasteiger partial charge in [-0.25, -0.2) is 8.78 Å². The second-order valence-corrected chi connectivity index (χ2v) is 9.16. The van der Waals surface area contributed by atoms with Crippen molar-refractivity contribution in [3.05, 3.63) is 102 Å². The first kappa shape index (κ1) is 25.0. The molecule has 5 rings (SSSR count). The third-order valence-corrected chi connectivity index (χ3v) is 6.67. The molecular weight excluding hydrogens is 487 g/mol. The number of hydrogen-bond donors (Lipinski definition) is 1. The van der Waals surface area contributed by atoms with E-state index in [1.165, 1.54) is 35.2 Å². The second kappa shape index (κ2) is 10.0. The summed E-state index contributed by atoms with van der Waals surface area (Å²) in [4.78, 5) is 1.60. The molecule has 0 aromatic heterocycles. The first-order chi connectivity index (χ1) is 17.7. The van der Waals surface area contributed by atoms with E-state index in [9.17, 15) is 22.0 Å². The third-order valence-electron chi connectivity index (χ3n) is 6.67. The summed E-state index contributed by atoms with van der Waals surface area (Å²) in [6.45, 7) is 2.91. The lowest BCUT2D eigenvalue weighted by molar-refractivity contribution is -0.139. The van der Waals surface area contributed by atoms with Gasteiger partial charge in [0.15, 0.2) is 0 Å². The summed E-state index contributed by atoms with van der Waals surface area (Å²) in [7, 11) is 0. The Balaban J connectivity index is 1.33. The molecule has 0 aliphatic carbocycles. The minimum Gasteiger partial charge on any atom is -0.486 e. The van der Waals surface area contributed by atoms with Gasteiger partial charge >= 0.3 is 6.18 Å². The van der Waals surface area contributed by atoms with Gasteiger partial charge in [-0.05, 0) is 66.6 Å². The number of halogens is 5. The van der Waals surface area contributed by atoms with Gasteiger partial charge in [-0.2, -0.15) is 13.2 Å². The maximum absolute atomic E-state index is 14.4. The van der Waals surface area contributed by atoms with Crippen LogP contribution in [0.3, 0.4) is 0 Å². The molecule has 1 N–H and O–H groups in total. The highest BCUT2D eigenvalue weighted by Gasteiger charge is 2.35. The second-order valence-electron chi connectivity index (χ2n) is 9.16. The molecule has 1 aliphatic rings. The Morgan fingerprint density at radius 2 is 1.76 bits per heavy atom. The van der Waals surface area contributed by atoms with Crippen molar-refractivity contribution in [3.63, 3.8) is 0 Å². The Labute approximate surface area is 211 Å². The van der Waals surface area contributed by atoms with Gasteiger partial charge in [0.2, 0.25) is 0 Å². The first-order valence-electron chi connectivity index (χ1n) is 12.0. The molecule has 37 heavy (non-hydrogen) atoms. The van der Waals surface area contributed by atoms with Gasteiger partial charge in [0, 0.05) is 17.8 Å². The summed E-state index contributed by atoms with van der Waals surface area (Å²) in [5.74, 6) is -1.51. The average molecular weight is 513 g/mol. The third kappa shape index (κ3) is 5.25. The van der Waals surface area contributed by atoms with E-state index in [1.54, 1.807) is 4.90 Å². The van der Waals surface area contributed by atoms with Crippen molar-refractivity contribution < 1.29 is 26.7 Å². The Bertz CT molecular complexity index is 1420. The molecule has 0 saturated heterocycles. The summed E-state index contributed by atoms with van der Waals surface area (Å²) in [5, 5.41) is 5.85. The largest absolute Gasteiger partial charge is 0.486 e. The number of nitrogens with one attached hydrogen (secondary N) is 1. The van der Waals surface area contributed by atoms with E-state index in [4.69, 9.17) is 4.74 Å². The van der Waals surface area contributed by atoms with Crippen LogP contribution < -0.4 is 15.0 Å². The Morgan fingerprint density at radius 1 is 0.973 bits per heavy atom. The number of ether oxygens (including phenoxy) is 1. The molecule has 2 atom stereocenters. The highest BCUT2D eigenvalue weighted by atomic mass is 19.4. The summed E-state index contributed by atoms with van der Waals surface area (Å²) >= 11 is 0. The molecule has 3 nitrogen and oxygen atoms in total. The smallest absolute Gasteiger partial charge is 0.419 e. The zero-order valence-electron chi connectivity index (χ0n) is 20.0. The number of hydrogen-bond acceptors (Lipinski definition) is 3. The molecular formula is C29H25F5N2O. The maximum atomic E-state index is 14.4. The van der Waals surface area contributed by atoms with Crippen LogP contribution in [0.15, 0.2) is 78.9 Å². The van der Waals surface area contributed by atoms with Crippen molar-refractivity contribution in [1.29, 1.82) is 0 Å². The lowest BCUT2D eigenvalue weighted by Gasteiger charge is -2.36. The summed E-state index contributed by atoms with van der Waals surface area (Å²) < 4.78 is 73.6. The predicted octanol–water partition coefficient (Wildman–Crippen LogP) is 7.78. The van der Waals surface area contributed by atoms with E-state index in [1.807, 2.05) is 18.2 Å². The Hall–Kier alpha value is -3.65. The van der Waals surface area contributed by atoms with Gasteiger partial charge in [0.25, 0.3) is 0 Å². The average Bonchev–Trinajstić information content (AvgIpc) is 2.87. The molecule has 4 aromatic rings. The van der Waals surface area contributed by atoms with Crippen LogP contribution >= 0.6 is 0 Å². The van der Waals surface area contributed by atoms with Crippen molar-refractivity contribution >= 4 is 22.1 Å². The number of alkyl halides is 3. The van der Waals surface area contributed by atoms with Crippen LogP contribution in [0.2, 0.25) is 0 Å². The van der Waals surface area contributed by atoms with Crippen molar-refractivity contribution in [2.75, 3.05) is 18.0 Å². The normalized spacial score (nSPS) is 16.4. The predicted molar refractivity (Wildman–Crippen MR) is 134 cm³/mol. The number of rotatable bonds is 6. The Kier molecular flexibility index (Phi) is 6.77. The number of nitrogens with zero attached hydrogens (tertiary/aromatic N) is 1. The minimum absolute atomic E-state index is 0.0659. The van der Waals surface area contributed by atoms with Crippen LogP contribution in [-0.2, 0) is 6.18 Å². The molecule has 0 radical (unpaired) electrons. The van der Waals surface area contributed by atoms with Crippen LogP contribution in [0, 0.1) is 11.6 Å². The number of benzene rings is 4. The molecule has 0 amide bonds. The van der Waals surface area contributed by atoms with Crippen LogP contribution in [0.4, 0.5) is 33.3 Å². The van der Waals surface area contributed by atoms with Crippen molar-refractivity contribution in [2.45, 2.75) is 31.7 Å². The van der Waals surface area contributed by atoms with Gasteiger partial charge < -0.3 is 15.0 Å². The molecule has 0 saturated carbocycles. The molecule has 0 bridgehead atoms. The van der Waals surface area contributed by atoms with Gasteiger partial charge in [-0.15, -0.1) is 0 Å². The lowest BCUT2D eigenvalue weighted by Crippen LogP contribution is -2.39. The van der Waals surface area contributed by atoms with E-state index >= 15 is 0 Å². The summed E-state index contributed by atoms with van der Waals surface area (Å²) in [5.41, 5.74) is 0.368. The van der Waals surface area contributed by atoms with Crippen LogP contribution in [0.25, 0.3) is 10.8 Å². The fourth-order valence-corrected chi connectivity index (χ4v) is 4.82. The van der Waals surface area contributed by atoms with Crippen molar-refractivity contribution in [1.82, 2.24) is 5.32 Å². The van der Waals surface area contributed by atoms with Crippen LogP contribution in [0.5, 0.6) is 5.75 Å². The number of fused-ring (bicyclic) bond motifs is 2. The summed E-state index contributed by atoms with van der Waals surface area (Å²) in [6, 6.07) is 21.1. The minimum atomic E-state index is -4.80. The Morgan fingerprint density at radius 3 is 2.54 bits per heavy atom. The van der Waals surface area contributed by atoms with E-state index in [0.29, 0.717) is 30.5 Å². The van der Waals surface area contributed by atoms with Gasteiger partial charge in [0.05, 0.1) is 17.8 Å². The standard InChI is InChI=1S/C29H25F5N2O/c1-18(23-8-4-6-19-5-2-3-7-24(19)23)35-14-13-22-17-36(27-15-20(30)9-12-28(27)37-22)21-10-11-25(26(31)16-21)29(32,33)34/h2-12,15-16,18,22,35H,13-14,17H2,1H3/t18-,22?/m1/s1. The molecule has 0 spiro atoms. The molecule has 4 aromatic carbocycles. The SMILES string of the molecule is C[C@@H](NCCC1CN(c2ccc(C(F)(F)F)c(F)c2)c2cc(F)ccc2O1)c1cccc2ccccc12. The molecule has 1 unspecified atom stereocenters. The fraction of sp³-hybridized carbons (Fsp3) is 0.241. The highest BCUT2D eigenvalue weighted by Crippen LogP contribution is 2.41. The fourth-order valence-electron chi connectivity index (χ4n) is 4.82. The molecule has 0 fully saturated rings. The molecule has 1 heterocycles. The van der Waals surface area contributed by atoms with Crippen molar-refractivity contribution in [3.8, 4) is 5.75 Å². The zero-order valence-corrected chi connectivity index (χ0v) is 20.0. The first-order valence-corrected chi connectivity index (χ1v) is 12.0. The zero-order chi connectivity index (χ0) is 26.2. The van der Waals surface area contributed by atoms with Crippen LogP contribution in [-0.4, -0.2) is 19.2 Å². The highest BCUT2D eigenvalue weighted by molar-refractivity contribution is 5.86. The quantitative estimate of drug-likeness (QED) is 0.267. The van der Waals surface area contributed by atoms with Crippen molar-refractivity contribution in [2.24, 2.45) is 0 Å². The topological polar surface area (TPSA) is 24.5 Å². The molecule has 1 aliphatic heterocycles. The monoisotopic (exact) mass is 512 g/mol. The van der Waals surface area contributed by atoms with E-state index in [-0.39, 0.29) is 24.4 Å². The van der Waals surface area contributed by atoms with Gasteiger partial charge in [0.1, 0.15) is 23.5 Å². The maximum Gasteiger partial charge on any atom is 0.419 e.